The van der Waals surface area contributed by atoms with E-state index in [1.807, 2.05) is 19.9 Å². The molecule has 0 fully saturated rings. The zero-order valence-corrected chi connectivity index (χ0v) is 13.4. The summed E-state index contributed by atoms with van der Waals surface area (Å²) in [6.07, 6.45) is 0. The van der Waals surface area contributed by atoms with Crippen LogP contribution in [-0.4, -0.2) is 24.5 Å². The Hall–Kier alpha value is -2.32. The summed E-state index contributed by atoms with van der Waals surface area (Å²) >= 11 is 0. The van der Waals surface area contributed by atoms with Crippen molar-refractivity contribution in [3.8, 4) is 11.8 Å². The zero-order chi connectivity index (χ0) is 16.6. The van der Waals surface area contributed by atoms with Gasteiger partial charge in [0.2, 0.25) is 0 Å². The minimum atomic E-state index is -0.771. The molecule has 0 spiro atoms. The second kappa shape index (κ2) is 8.20. The number of benzene rings is 1. The van der Waals surface area contributed by atoms with Crippen molar-refractivity contribution in [3.63, 3.8) is 0 Å². The molecule has 1 amide bonds. The third-order valence-electron chi connectivity index (χ3n) is 3.06. The molecule has 1 aromatic rings. The van der Waals surface area contributed by atoms with Crippen molar-refractivity contribution in [1.82, 2.24) is 10.9 Å². The minimum Gasteiger partial charge on any atom is -0.465 e. The van der Waals surface area contributed by atoms with Crippen LogP contribution in [0.25, 0.3) is 0 Å². The molecule has 0 heterocycles. The molecule has 0 radical (unpaired) electrons. The molecule has 0 bridgehead atoms. The topological polar surface area (TPSA) is 67.4 Å². The van der Waals surface area contributed by atoms with Crippen LogP contribution in [-0.2, 0) is 9.53 Å². The third-order valence-corrected chi connectivity index (χ3v) is 3.06. The lowest BCUT2D eigenvalue weighted by atomic mass is 9.85. The molecule has 118 valence electrons. The fourth-order valence-corrected chi connectivity index (χ4v) is 1.95. The van der Waals surface area contributed by atoms with E-state index in [2.05, 4.69) is 22.7 Å². The molecular formula is C17H22N2O3. The van der Waals surface area contributed by atoms with Crippen molar-refractivity contribution in [2.75, 3.05) is 6.61 Å². The SMILES string of the molecule is CC#CC(C)(C)[C@@H](NNC(=O)c1ccccc1)C(=O)OCC. The minimum absolute atomic E-state index is 0.263. The van der Waals surface area contributed by atoms with Crippen LogP contribution in [0.5, 0.6) is 0 Å². The Morgan fingerprint density at radius 3 is 2.45 bits per heavy atom. The van der Waals surface area contributed by atoms with Gasteiger partial charge in [-0.3, -0.25) is 15.0 Å². The van der Waals surface area contributed by atoms with Gasteiger partial charge in [-0.1, -0.05) is 24.1 Å². The summed E-state index contributed by atoms with van der Waals surface area (Å²) in [6.45, 7) is 7.32. The first-order valence-corrected chi connectivity index (χ1v) is 7.13. The summed E-state index contributed by atoms with van der Waals surface area (Å²) in [5.41, 5.74) is 5.10. The van der Waals surface area contributed by atoms with Crippen molar-refractivity contribution in [2.24, 2.45) is 5.41 Å². The van der Waals surface area contributed by atoms with Crippen LogP contribution in [0.1, 0.15) is 38.1 Å². The Balaban J connectivity index is 2.83. The summed E-state index contributed by atoms with van der Waals surface area (Å²) in [5.74, 6) is 4.98. The second-order valence-electron chi connectivity index (χ2n) is 5.25. The molecule has 1 atom stereocenters. The quantitative estimate of drug-likeness (QED) is 0.478. The van der Waals surface area contributed by atoms with Crippen LogP contribution >= 0.6 is 0 Å². The van der Waals surface area contributed by atoms with E-state index in [-0.39, 0.29) is 12.5 Å². The monoisotopic (exact) mass is 302 g/mol. The van der Waals surface area contributed by atoms with Crippen LogP contribution in [0.15, 0.2) is 30.3 Å². The maximum atomic E-state index is 12.1. The first-order valence-electron chi connectivity index (χ1n) is 7.13. The molecule has 2 N–H and O–H groups in total. The molecule has 0 unspecified atom stereocenters. The smallest absolute Gasteiger partial charge is 0.326 e. The fourth-order valence-electron chi connectivity index (χ4n) is 1.95. The Morgan fingerprint density at radius 1 is 1.27 bits per heavy atom. The molecule has 0 aliphatic heterocycles. The largest absolute Gasteiger partial charge is 0.465 e. The summed E-state index contributed by atoms with van der Waals surface area (Å²) < 4.78 is 5.05. The van der Waals surface area contributed by atoms with Gasteiger partial charge in [0.05, 0.1) is 12.0 Å². The highest BCUT2D eigenvalue weighted by atomic mass is 16.5. The molecule has 5 heteroatoms. The molecule has 0 saturated heterocycles. The molecule has 0 aliphatic carbocycles. The van der Waals surface area contributed by atoms with E-state index < -0.39 is 17.4 Å². The maximum absolute atomic E-state index is 12.1. The van der Waals surface area contributed by atoms with Gasteiger partial charge < -0.3 is 4.74 Å². The number of rotatable bonds is 6. The van der Waals surface area contributed by atoms with E-state index in [0.717, 1.165) is 0 Å². The number of hydrazine groups is 1. The van der Waals surface area contributed by atoms with E-state index in [0.29, 0.717) is 5.56 Å². The molecule has 22 heavy (non-hydrogen) atoms. The van der Waals surface area contributed by atoms with Crippen molar-refractivity contribution in [1.29, 1.82) is 0 Å². The van der Waals surface area contributed by atoms with Gasteiger partial charge >= 0.3 is 5.97 Å². The average molecular weight is 302 g/mol. The molecule has 1 aromatic carbocycles. The predicted octanol–water partition coefficient (Wildman–Crippen LogP) is 1.90. The molecule has 1 rings (SSSR count). The summed E-state index contributed by atoms with van der Waals surface area (Å²) in [4.78, 5) is 24.2. The van der Waals surface area contributed by atoms with E-state index in [1.165, 1.54) is 0 Å². The van der Waals surface area contributed by atoms with Gasteiger partial charge in [0.25, 0.3) is 5.91 Å². The highest BCUT2D eigenvalue weighted by Gasteiger charge is 2.35. The van der Waals surface area contributed by atoms with Gasteiger partial charge in [-0.05, 0) is 39.8 Å². The Kier molecular flexibility index (Phi) is 6.61. The third kappa shape index (κ3) is 4.90. The first kappa shape index (κ1) is 17.7. The van der Waals surface area contributed by atoms with Gasteiger partial charge in [-0.2, -0.15) is 0 Å². The zero-order valence-electron chi connectivity index (χ0n) is 13.4. The second-order valence-corrected chi connectivity index (χ2v) is 5.25. The van der Waals surface area contributed by atoms with Crippen LogP contribution < -0.4 is 10.9 Å². The van der Waals surface area contributed by atoms with Gasteiger partial charge in [0, 0.05) is 5.56 Å². The van der Waals surface area contributed by atoms with Crippen molar-refractivity contribution in [2.45, 2.75) is 33.7 Å². The molecule has 0 aliphatic rings. The number of ether oxygens (including phenoxy) is 1. The summed E-state index contributed by atoms with van der Waals surface area (Å²) in [5, 5.41) is 0. The van der Waals surface area contributed by atoms with Gasteiger partial charge in [-0.25, -0.2) is 5.43 Å². The predicted molar refractivity (Wildman–Crippen MR) is 84.7 cm³/mol. The van der Waals surface area contributed by atoms with Gasteiger partial charge in [-0.15, -0.1) is 5.92 Å². The van der Waals surface area contributed by atoms with Crippen LogP contribution in [0, 0.1) is 17.3 Å². The lowest BCUT2D eigenvalue weighted by Gasteiger charge is -2.28. The Morgan fingerprint density at radius 2 is 1.91 bits per heavy atom. The van der Waals surface area contributed by atoms with Crippen molar-refractivity contribution in [3.05, 3.63) is 35.9 Å². The molecule has 0 aromatic heterocycles. The lowest BCUT2D eigenvalue weighted by Crippen LogP contribution is -2.55. The van der Waals surface area contributed by atoms with Crippen LogP contribution in [0.2, 0.25) is 0 Å². The van der Waals surface area contributed by atoms with E-state index in [9.17, 15) is 9.59 Å². The number of nitrogens with one attached hydrogen (secondary N) is 2. The normalized spacial score (nSPS) is 11.8. The van der Waals surface area contributed by atoms with Gasteiger partial charge in [0.1, 0.15) is 6.04 Å². The fraction of sp³-hybridized carbons (Fsp3) is 0.412. The highest BCUT2D eigenvalue weighted by molar-refractivity contribution is 5.94. The lowest BCUT2D eigenvalue weighted by molar-refractivity contribution is -0.148. The molecule has 5 nitrogen and oxygen atoms in total. The molecule has 0 saturated carbocycles. The van der Waals surface area contributed by atoms with Crippen molar-refractivity contribution >= 4 is 11.9 Å². The van der Waals surface area contributed by atoms with E-state index in [4.69, 9.17) is 4.74 Å². The number of carbonyl (C=O) groups excluding carboxylic acids is 2. The standard InChI is InChI=1S/C17H22N2O3/c1-5-12-17(3,4)14(16(21)22-6-2)18-19-15(20)13-10-8-7-9-11-13/h7-11,14,18H,6H2,1-4H3,(H,19,20)/t14-/m0/s1. The number of amides is 1. The Bertz CT molecular complexity index is 571. The summed E-state index contributed by atoms with van der Waals surface area (Å²) in [7, 11) is 0. The average Bonchev–Trinajstić information content (AvgIpc) is 2.48. The Labute approximate surface area is 131 Å². The highest BCUT2D eigenvalue weighted by Crippen LogP contribution is 2.20. The summed E-state index contributed by atoms with van der Waals surface area (Å²) in [6, 6.07) is 7.97. The number of hydrogen-bond donors (Lipinski definition) is 2. The van der Waals surface area contributed by atoms with E-state index >= 15 is 0 Å². The number of carbonyl (C=O) groups is 2. The van der Waals surface area contributed by atoms with Crippen LogP contribution in [0.3, 0.4) is 0 Å². The number of esters is 1. The maximum Gasteiger partial charge on any atom is 0.326 e. The van der Waals surface area contributed by atoms with E-state index in [1.54, 1.807) is 38.1 Å². The van der Waals surface area contributed by atoms with Crippen molar-refractivity contribution < 1.29 is 14.3 Å². The van der Waals surface area contributed by atoms with Crippen LogP contribution in [0.4, 0.5) is 0 Å². The first-order chi connectivity index (χ1) is 10.4. The molecular weight excluding hydrogens is 280 g/mol. The van der Waals surface area contributed by atoms with Gasteiger partial charge in [0.15, 0.2) is 0 Å². The number of hydrogen-bond acceptors (Lipinski definition) is 4.